The van der Waals surface area contributed by atoms with E-state index < -0.39 is 0 Å². The maximum Gasteiger partial charge on any atom is 0.234 e. The molecule has 1 amide bonds. The number of aryl methyl sites for hydroxylation is 1. The second-order valence-electron chi connectivity index (χ2n) is 6.27. The SMILES string of the molecule is COc1cc(NC(=O)CSc2nnc(Cc3cccn3C)n2C)c(OC)cc1Cl. The first-order valence-electron chi connectivity index (χ1n) is 8.75. The predicted molar refractivity (Wildman–Crippen MR) is 113 cm³/mol. The van der Waals surface area contributed by atoms with Gasteiger partial charge in [-0.1, -0.05) is 23.4 Å². The van der Waals surface area contributed by atoms with Crippen molar-refractivity contribution in [3.8, 4) is 11.5 Å². The van der Waals surface area contributed by atoms with Crippen LogP contribution in [0, 0.1) is 0 Å². The third kappa shape index (κ3) is 4.86. The highest BCUT2D eigenvalue weighted by Crippen LogP contribution is 2.36. The van der Waals surface area contributed by atoms with Crippen LogP contribution in [0.4, 0.5) is 5.69 Å². The Morgan fingerprint density at radius 1 is 1.21 bits per heavy atom. The highest BCUT2D eigenvalue weighted by Gasteiger charge is 2.15. The molecule has 0 fully saturated rings. The van der Waals surface area contributed by atoms with E-state index in [4.69, 9.17) is 21.1 Å². The number of nitrogens with zero attached hydrogens (tertiary/aromatic N) is 4. The molecule has 0 spiro atoms. The minimum absolute atomic E-state index is 0.171. The van der Waals surface area contributed by atoms with Crippen LogP contribution in [0.1, 0.15) is 11.5 Å². The molecular formula is C19H22ClN5O3S. The van der Waals surface area contributed by atoms with Crippen LogP contribution in [-0.2, 0) is 25.3 Å². The van der Waals surface area contributed by atoms with Crippen LogP contribution in [0.2, 0.25) is 5.02 Å². The summed E-state index contributed by atoms with van der Waals surface area (Å²) in [6.07, 6.45) is 2.66. The van der Waals surface area contributed by atoms with Gasteiger partial charge in [0.05, 0.1) is 30.7 Å². The van der Waals surface area contributed by atoms with Crippen LogP contribution in [0.15, 0.2) is 35.6 Å². The average Bonchev–Trinajstić information content (AvgIpc) is 3.27. The summed E-state index contributed by atoms with van der Waals surface area (Å²) in [6.45, 7) is 0. The summed E-state index contributed by atoms with van der Waals surface area (Å²) < 4.78 is 14.4. The molecule has 1 aromatic carbocycles. The number of amides is 1. The number of hydrogen-bond acceptors (Lipinski definition) is 6. The number of methoxy groups -OCH3 is 2. The monoisotopic (exact) mass is 435 g/mol. The molecule has 0 aliphatic heterocycles. The lowest BCUT2D eigenvalue weighted by Crippen LogP contribution is -2.15. The van der Waals surface area contributed by atoms with Gasteiger partial charge in [-0.25, -0.2) is 0 Å². The van der Waals surface area contributed by atoms with Crippen LogP contribution in [0.5, 0.6) is 11.5 Å². The summed E-state index contributed by atoms with van der Waals surface area (Å²) in [5.74, 6) is 1.71. The van der Waals surface area contributed by atoms with Gasteiger partial charge in [0, 0.05) is 44.5 Å². The smallest absolute Gasteiger partial charge is 0.234 e. The van der Waals surface area contributed by atoms with E-state index in [1.807, 2.05) is 41.6 Å². The second kappa shape index (κ2) is 9.23. The average molecular weight is 436 g/mol. The van der Waals surface area contributed by atoms with Gasteiger partial charge in [0.15, 0.2) is 5.16 Å². The van der Waals surface area contributed by atoms with E-state index in [1.54, 1.807) is 12.1 Å². The van der Waals surface area contributed by atoms with Crippen LogP contribution >= 0.6 is 23.4 Å². The molecule has 0 radical (unpaired) electrons. The Labute approximate surface area is 178 Å². The zero-order valence-corrected chi connectivity index (χ0v) is 18.2. The van der Waals surface area contributed by atoms with Gasteiger partial charge in [0.25, 0.3) is 0 Å². The number of carbonyl (C=O) groups is 1. The molecule has 29 heavy (non-hydrogen) atoms. The van der Waals surface area contributed by atoms with Crippen LogP contribution < -0.4 is 14.8 Å². The number of anilines is 1. The number of hydrogen-bond donors (Lipinski definition) is 1. The molecule has 0 aliphatic carbocycles. The van der Waals surface area contributed by atoms with Crippen molar-refractivity contribution < 1.29 is 14.3 Å². The number of halogens is 1. The molecule has 0 bridgehead atoms. The van der Waals surface area contributed by atoms with Crippen molar-refractivity contribution in [2.24, 2.45) is 14.1 Å². The van der Waals surface area contributed by atoms with Gasteiger partial charge >= 0.3 is 0 Å². The fourth-order valence-corrected chi connectivity index (χ4v) is 3.70. The third-order valence-electron chi connectivity index (χ3n) is 4.40. The zero-order chi connectivity index (χ0) is 21.0. The number of rotatable bonds is 8. The predicted octanol–water partition coefficient (Wildman–Crippen LogP) is 3.15. The van der Waals surface area contributed by atoms with Crippen molar-refractivity contribution in [2.75, 3.05) is 25.3 Å². The summed E-state index contributed by atoms with van der Waals surface area (Å²) in [6, 6.07) is 7.26. The van der Waals surface area contributed by atoms with Crippen LogP contribution in [-0.4, -0.2) is 45.2 Å². The second-order valence-corrected chi connectivity index (χ2v) is 7.62. The summed E-state index contributed by atoms with van der Waals surface area (Å²) in [5, 5.41) is 12.3. The Balaban J connectivity index is 1.64. The Kier molecular flexibility index (Phi) is 6.71. The van der Waals surface area contributed by atoms with E-state index in [-0.39, 0.29) is 11.7 Å². The fraction of sp³-hybridized carbons (Fsp3) is 0.316. The van der Waals surface area contributed by atoms with Gasteiger partial charge in [-0.3, -0.25) is 4.79 Å². The quantitative estimate of drug-likeness (QED) is 0.547. The molecule has 0 saturated carbocycles. The Morgan fingerprint density at radius 2 is 1.97 bits per heavy atom. The number of ether oxygens (including phenoxy) is 2. The molecule has 2 heterocycles. The fourth-order valence-electron chi connectivity index (χ4n) is 2.74. The van der Waals surface area contributed by atoms with Gasteiger partial charge in [0.1, 0.15) is 17.3 Å². The number of benzene rings is 1. The van der Waals surface area contributed by atoms with E-state index in [2.05, 4.69) is 15.5 Å². The molecule has 3 rings (SSSR count). The van der Waals surface area contributed by atoms with Crippen molar-refractivity contribution in [3.63, 3.8) is 0 Å². The summed E-state index contributed by atoms with van der Waals surface area (Å²) >= 11 is 7.41. The molecular weight excluding hydrogens is 414 g/mol. The maximum atomic E-state index is 12.4. The first-order chi connectivity index (χ1) is 13.9. The lowest BCUT2D eigenvalue weighted by molar-refractivity contribution is -0.113. The number of thioether (sulfide) groups is 1. The third-order valence-corrected chi connectivity index (χ3v) is 5.71. The van der Waals surface area contributed by atoms with Crippen molar-refractivity contribution in [3.05, 3.63) is 47.0 Å². The standard InChI is InChI=1S/C19H22ClN5O3S/c1-24-7-5-6-12(24)8-17-22-23-19(25(17)2)29-11-18(26)21-14-10-15(27-3)13(20)9-16(14)28-4/h5-7,9-10H,8,11H2,1-4H3,(H,21,26). The maximum absolute atomic E-state index is 12.4. The molecule has 154 valence electrons. The Morgan fingerprint density at radius 3 is 2.62 bits per heavy atom. The van der Waals surface area contributed by atoms with E-state index >= 15 is 0 Å². The normalized spacial score (nSPS) is 10.8. The van der Waals surface area contributed by atoms with Gasteiger partial charge in [-0.15, -0.1) is 10.2 Å². The molecule has 8 nitrogen and oxygen atoms in total. The highest BCUT2D eigenvalue weighted by molar-refractivity contribution is 7.99. The van der Waals surface area contributed by atoms with Crippen LogP contribution in [0.3, 0.4) is 0 Å². The molecule has 0 aliphatic rings. The summed E-state index contributed by atoms with van der Waals surface area (Å²) in [5.41, 5.74) is 1.63. The molecule has 0 unspecified atom stereocenters. The van der Waals surface area contributed by atoms with Crippen molar-refractivity contribution in [1.29, 1.82) is 0 Å². The van der Waals surface area contributed by atoms with Crippen molar-refractivity contribution in [2.45, 2.75) is 11.6 Å². The Bertz CT molecular complexity index is 1020. The first kappa shape index (κ1) is 21.1. The highest BCUT2D eigenvalue weighted by atomic mass is 35.5. The molecule has 2 aromatic heterocycles. The van der Waals surface area contributed by atoms with Gasteiger partial charge < -0.3 is 23.9 Å². The largest absolute Gasteiger partial charge is 0.495 e. The van der Waals surface area contributed by atoms with Gasteiger partial charge in [-0.05, 0) is 12.1 Å². The van der Waals surface area contributed by atoms with E-state index in [0.717, 1.165) is 11.5 Å². The van der Waals surface area contributed by atoms with Gasteiger partial charge in [0.2, 0.25) is 5.91 Å². The van der Waals surface area contributed by atoms with E-state index in [1.165, 1.54) is 26.0 Å². The lowest BCUT2D eigenvalue weighted by atomic mass is 10.2. The van der Waals surface area contributed by atoms with Gasteiger partial charge in [-0.2, -0.15) is 0 Å². The molecule has 10 heteroatoms. The summed E-state index contributed by atoms with van der Waals surface area (Å²) in [7, 11) is 6.91. The van der Waals surface area contributed by atoms with Crippen LogP contribution in [0.25, 0.3) is 0 Å². The van der Waals surface area contributed by atoms with Crippen molar-refractivity contribution >= 4 is 35.0 Å². The summed E-state index contributed by atoms with van der Waals surface area (Å²) in [4.78, 5) is 12.4. The van der Waals surface area contributed by atoms with Crippen molar-refractivity contribution in [1.82, 2.24) is 19.3 Å². The zero-order valence-electron chi connectivity index (χ0n) is 16.6. The number of nitrogens with one attached hydrogen (secondary N) is 1. The number of aromatic nitrogens is 4. The molecule has 0 atom stereocenters. The number of carbonyl (C=O) groups excluding carboxylic acids is 1. The van der Waals surface area contributed by atoms with E-state index in [0.29, 0.717) is 33.8 Å². The minimum atomic E-state index is -0.204. The lowest BCUT2D eigenvalue weighted by Gasteiger charge is -2.13. The molecule has 3 aromatic rings. The first-order valence-corrected chi connectivity index (χ1v) is 10.1. The topological polar surface area (TPSA) is 83.2 Å². The minimum Gasteiger partial charge on any atom is -0.495 e. The molecule has 1 N–H and O–H groups in total. The Hall–Kier alpha value is -2.65. The van der Waals surface area contributed by atoms with E-state index in [9.17, 15) is 4.79 Å². The molecule has 0 saturated heterocycles.